The van der Waals surface area contributed by atoms with Gasteiger partial charge in [0.2, 0.25) is 0 Å². The molecule has 0 spiro atoms. The van der Waals surface area contributed by atoms with Crippen molar-refractivity contribution in [3.63, 3.8) is 0 Å². The molecule has 0 saturated carbocycles. The minimum atomic E-state index is 0.161. The van der Waals surface area contributed by atoms with E-state index in [1.54, 1.807) is 6.07 Å². The minimum Gasteiger partial charge on any atom is -0.381 e. The van der Waals surface area contributed by atoms with E-state index in [0.717, 1.165) is 45.7 Å². The maximum Gasteiger partial charge on any atom is 0.250 e. The summed E-state index contributed by atoms with van der Waals surface area (Å²) in [6.07, 6.45) is 3.50. The van der Waals surface area contributed by atoms with Gasteiger partial charge in [0.15, 0.2) is 0 Å². The molecule has 0 radical (unpaired) electrons. The molecular formula is C22H26N2O2. The largest absolute Gasteiger partial charge is 0.381 e. The predicted molar refractivity (Wildman–Crippen MR) is 102 cm³/mol. The van der Waals surface area contributed by atoms with Crippen molar-refractivity contribution in [2.24, 2.45) is 5.92 Å². The van der Waals surface area contributed by atoms with Crippen LogP contribution in [0, 0.1) is 5.92 Å². The third kappa shape index (κ3) is 2.81. The Labute approximate surface area is 154 Å². The Morgan fingerprint density at radius 1 is 0.923 bits per heavy atom. The first-order valence-electron chi connectivity index (χ1n) is 9.90. The summed E-state index contributed by atoms with van der Waals surface area (Å²) in [5.74, 6) is 1.04. The highest BCUT2D eigenvalue weighted by Crippen LogP contribution is 2.40. The standard InChI is InChI=1S/C22H26N2O2/c25-21-7-6-20(17-4-2-1-3-5-17)22-18-12-16(14-24(21)22)13-23(15-18)19-8-10-26-11-9-19/h1-7,16,18-19H,8-15H2/t16-,18+/m0/s1. The van der Waals surface area contributed by atoms with Crippen molar-refractivity contribution in [3.05, 3.63) is 58.5 Å². The predicted octanol–water partition coefficient (Wildman–Crippen LogP) is 3.11. The molecule has 3 aliphatic rings. The van der Waals surface area contributed by atoms with E-state index in [2.05, 4.69) is 39.8 Å². The Balaban J connectivity index is 1.54. The average Bonchev–Trinajstić information content (AvgIpc) is 2.70. The van der Waals surface area contributed by atoms with Gasteiger partial charge in [-0.1, -0.05) is 30.3 Å². The van der Waals surface area contributed by atoms with Crippen LogP contribution in [-0.4, -0.2) is 41.8 Å². The number of benzene rings is 1. The van der Waals surface area contributed by atoms with Crippen LogP contribution in [0.5, 0.6) is 0 Å². The topological polar surface area (TPSA) is 34.5 Å². The molecule has 4 nitrogen and oxygen atoms in total. The van der Waals surface area contributed by atoms with Crippen LogP contribution in [-0.2, 0) is 11.3 Å². The zero-order chi connectivity index (χ0) is 17.5. The van der Waals surface area contributed by atoms with E-state index < -0.39 is 0 Å². The summed E-state index contributed by atoms with van der Waals surface area (Å²) >= 11 is 0. The molecule has 5 rings (SSSR count). The number of pyridine rings is 1. The second-order valence-corrected chi connectivity index (χ2v) is 8.04. The number of ether oxygens (including phenoxy) is 1. The van der Waals surface area contributed by atoms with Gasteiger partial charge in [-0.15, -0.1) is 0 Å². The van der Waals surface area contributed by atoms with Crippen LogP contribution < -0.4 is 5.56 Å². The molecule has 0 unspecified atom stereocenters. The number of piperidine rings is 1. The minimum absolute atomic E-state index is 0.161. The molecule has 2 bridgehead atoms. The number of hydrogen-bond acceptors (Lipinski definition) is 3. The van der Waals surface area contributed by atoms with E-state index >= 15 is 0 Å². The van der Waals surface area contributed by atoms with E-state index in [9.17, 15) is 4.79 Å². The molecule has 136 valence electrons. The molecular weight excluding hydrogens is 324 g/mol. The van der Waals surface area contributed by atoms with Crippen molar-refractivity contribution in [1.82, 2.24) is 9.47 Å². The van der Waals surface area contributed by atoms with Crippen molar-refractivity contribution in [2.75, 3.05) is 26.3 Å². The summed E-state index contributed by atoms with van der Waals surface area (Å²) in [7, 11) is 0. The molecule has 1 aromatic carbocycles. The van der Waals surface area contributed by atoms with Crippen LogP contribution in [0.3, 0.4) is 0 Å². The van der Waals surface area contributed by atoms with Gasteiger partial charge in [-0.3, -0.25) is 9.69 Å². The number of aromatic nitrogens is 1. The summed E-state index contributed by atoms with van der Waals surface area (Å²) in [6.45, 7) is 4.85. The molecule has 2 atom stereocenters. The summed E-state index contributed by atoms with van der Waals surface area (Å²) in [5.41, 5.74) is 3.88. The highest BCUT2D eigenvalue weighted by Gasteiger charge is 2.38. The molecule has 3 aliphatic heterocycles. The third-order valence-electron chi connectivity index (χ3n) is 6.41. The lowest BCUT2D eigenvalue weighted by Crippen LogP contribution is -2.51. The van der Waals surface area contributed by atoms with E-state index in [-0.39, 0.29) is 5.56 Å². The number of nitrogens with zero attached hydrogens (tertiary/aromatic N) is 2. The van der Waals surface area contributed by atoms with Crippen molar-refractivity contribution < 1.29 is 4.74 Å². The van der Waals surface area contributed by atoms with E-state index in [4.69, 9.17) is 4.74 Å². The number of hydrogen-bond donors (Lipinski definition) is 0. The lowest BCUT2D eigenvalue weighted by Gasteiger charge is -2.47. The average molecular weight is 350 g/mol. The number of likely N-dealkylation sites (tertiary alicyclic amines) is 1. The highest BCUT2D eigenvalue weighted by molar-refractivity contribution is 5.66. The van der Waals surface area contributed by atoms with Crippen molar-refractivity contribution in [1.29, 1.82) is 0 Å². The third-order valence-corrected chi connectivity index (χ3v) is 6.41. The fraction of sp³-hybridized carbons (Fsp3) is 0.500. The van der Waals surface area contributed by atoms with Crippen molar-refractivity contribution in [2.45, 2.75) is 37.8 Å². The molecule has 26 heavy (non-hydrogen) atoms. The second-order valence-electron chi connectivity index (χ2n) is 8.04. The van der Waals surface area contributed by atoms with Gasteiger partial charge in [-0.2, -0.15) is 0 Å². The Morgan fingerprint density at radius 2 is 1.73 bits per heavy atom. The molecule has 2 aromatic rings. The first-order chi connectivity index (χ1) is 12.8. The van der Waals surface area contributed by atoms with Gasteiger partial charge < -0.3 is 9.30 Å². The van der Waals surface area contributed by atoms with Gasteiger partial charge >= 0.3 is 0 Å². The normalized spacial score (nSPS) is 26.5. The Kier molecular flexibility index (Phi) is 4.18. The lowest BCUT2D eigenvalue weighted by molar-refractivity contribution is 0.00597. The van der Waals surface area contributed by atoms with E-state index in [1.807, 2.05) is 6.07 Å². The van der Waals surface area contributed by atoms with Crippen LogP contribution in [0.4, 0.5) is 0 Å². The zero-order valence-corrected chi connectivity index (χ0v) is 15.1. The van der Waals surface area contributed by atoms with Crippen LogP contribution >= 0.6 is 0 Å². The van der Waals surface area contributed by atoms with Gasteiger partial charge in [-0.05, 0) is 36.8 Å². The molecule has 4 heterocycles. The SMILES string of the molecule is O=c1ccc(-c2ccccc2)c2n1C[C@H]1C[C@@H]2CN(C2CCOCC2)C1. The maximum atomic E-state index is 12.6. The summed E-state index contributed by atoms with van der Waals surface area (Å²) in [4.78, 5) is 15.3. The van der Waals surface area contributed by atoms with E-state index in [1.165, 1.54) is 23.2 Å². The first-order valence-corrected chi connectivity index (χ1v) is 9.90. The van der Waals surface area contributed by atoms with Crippen LogP contribution in [0.25, 0.3) is 11.1 Å². The van der Waals surface area contributed by atoms with Gasteiger partial charge in [0.05, 0.1) is 0 Å². The molecule has 0 aliphatic carbocycles. The summed E-state index contributed by atoms with van der Waals surface area (Å²) in [5, 5.41) is 0. The van der Waals surface area contributed by atoms with Gasteiger partial charge in [-0.25, -0.2) is 0 Å². The van der Waals surface area contributed by atoms with Gasteiger partial charge in [0.1, 0.15) is 0 Å². The van der Waals surface area contributed by atoms with Gasteiger partial charge in [0.25, 0.3) is 5.56 Å². The van der Waals surface area contributed by atoms with Crippen LogP contribution in [0.2, 0.25) is 0 Å². The smallest absolute Gasteiger partial charge is 0.250 e. The molecule has 0 amide bonds. The van der Waals surface area contributed by atoms with Gasteiger partial charge in [0, 0.05) is 62.1 Å². The lowest BCUT2D eigenvalue weighted by atomic mass is 9.79. The Morgan fingerprint density at radius 3 is 2.54 bits per heavy atom. The fourth-order valence-electron chi connectivity index (χ4n) is 5.26. The van der Waals surface area contributed by atoms with Crippen LogP contribution in [0.1, 0.15) is 30.9 Å². The second kappa shape index (κ2) is 6.67. The number of fused-ring (bicyclic) bond motifs is 4. The quantitative estimate of drug-likeness (QED) is 0.835. The number of rotatable bonds is 2. The van der Waals surface area contributed by atoms with E-state index in [0.29, 0.717) is 17.9 Å². The molecule has 4 heteroatoms. The monoisotopic (exact) mass is 350 g/mol. The summed E-state index contributed by atoms with van der Waals surface area (Å²) in [6, 6.07) is 15.0. The Bertz CT molecular complexity index is 839. The first kappa shape index (κ1) is 16.3. The molecule has 0 N–H and O–H groups in total. The zero-order valence-electron chi connectivity index (χ0n) is 15.1. The fourth-order valence-corrected chi connectivity index (χ4v) is 5.26. The van der Waals surface area contributed by atoms with Crippen molar-refractivity contribution in [3.8, 4) is 11.1 Å². The molecule has 1 aromatic heterocycles. The highest BCUT2D eigenvalue weighted by atomic mass is 16.5. The molecule has 2 saturated heterocycles. The Hall–Kier alpha value is -1.91. The maximum absolute atomic E-state index is 12.6. The van der Waals surface area contributed by atoms with Crippen LogP contribution in [0.15, 0.2) is 47.3 Å². The van der Waals surface area contributed by atoms with Crippen molar-refractivity contribution >= 4 is 0 Å². The molecule has 2 fully saturated rings. The summed E-state index contributed by atoms with van der Waals surface area (Å²) < 4.78 is 7.63.